The van der Waals surface area contributed by atoms with Crippen molar-refractivity contribution in [3.63, 3.8) is 0 Å². The number of nitrogens with one attached hydrogen (secondary N) is 1. The first-order valence-electron chi connectivity index (χ1n) is 8.03. The second-order valence-corrected chi connectivity index (χ2v) is 6.08. The fourth-order valence-corrected chi connectivity index (χ4v) is 2.41. The van der Waals surface area contributed by atoms with Gasteiger partial charge in [0, 0.05) is 35.2 Å². The van der Waals surface area contributed by atoms with Gasteiger partial charge in [-0.05, 0) is 36.4 Å². The summed E-state index contributed by atoms with van der Waals surface area (Å²) in [6.07, 6.45) is -4.62. The van der Waals surface area contributed by atoms with E-state index < -0.39 is 18.0 Å². The molecule has 0 unspecified atom stereocenters. The van der Waals surface area contributed by atoms with Gasteiger partial charge in [0.15, 0.2) is 0 Å². The molecule has 146 valence electrons. The number of amides is 1. The molecular formula is C18H13ClF3N3O3. The third-order valence-electron chi connectivity index (χ3n) is 3.49. The maximum Gasteiger partial charge on any atom is 0.573 e. The number of halogens is 4. The zero-order valence-electron chi connectivity index (χ0n) is 14.2. The smallest absolute Gasteiger partial charge is 0.406 e. The van der Waals surface area contributed by atoms with Crippen molar-refractivity contribution in [3.05, 3.63) is 59.4 Å². The Bertz CT molecular complexity index is 958. The second kappa shape index (κ2) is 8.30. The molecular weight excluding hydrogens is 399 g/mol. The van der Waals surface area contributed by atoms with Crippen LogP contribution in [-0.2, 0) is 11.2 Å². The molecule has 3 rings (SSSR count). The molecule has 6 nitrogen and oxygen atoms in total. The first-order chi connectivity index (χ1) is 13.3. The molecule has 2 aromatic carbocycles. The zero-order chi connectivity index (χ0) is 20.1. The van der Waals surface area contributed by atoms with Crippen LogP contribution in [-0.4, -0.2) is 22.4 Å². The van der Waals surface area contributed by atoms with Crippen LogP contribution in [0.15, 0.2) is 53.1 Å². The van der Waals surface area contributed by atoms with Crippen LogP contribution < -0.4 is 10.1 Å². The summed E-state index contributed by atoms with van der Waals surface area (Å²) in [5.74, 6) is -0.219. The Labute approximate surface area is 162 Å². The summed E-state index contributed by atoms with van der Waals surface area (Å²) in [6.45, 7) is 0. The molecule has 0 aliphatic heterocycles. The fraction of sp³-hybridized carbons (Fsp3) is 0.167. The van der Waals surface area contributed by atoms with Gasteiger partial charge in [0.2, 0.25) is 17.6 Å². The lowest BCUT2D eigenvalue weighted by atomic mass is 10.2. The van der Waals surface area contributed by atoms with E-state index in [1.54, 1.807) is 24.3 Å². The number of aromatic nitrogens is 2. The summed E-state index contributed by atoms with van der Waals surface area (Å²) in [6, 6.07) is 11.9. The quantitative estimate of drug-likeness (QED) is 0.626. The highest BCUT2D eigenvalue weighted by molar-refractivity contribution is 6.30. The van der Waals surface area contributed by atoms with Crippen molar-refractivity contribution in [1.29, 1.82) is 0 Å². The van der Waals surface area contributed by atoms with Crippen molar-refractivity contribution in [2.24, 2.45) is 0 Å². The van der Waals surface area contributed by atoms with Gasteiger partial charge in [0.05, 0.1) is 0 Å². The minimum atomic E-state index is -4.80. The van der Waals surface area contributed by atoms with Crippen LogP contribution in [0.4, 0.5) is 18.9 Å². The highest BCUT2D eigenvalue weighted by Crippen LogP contribution is 2.25. The second-order valence-electron chi connectivity index (χ2n) is 5.64. The van der Waals surface area contributed by atoms with Gasteiger partial charge in [0.25, 0.3) is 0 Å². The Morgan fingerprint density at radius 2 is 1.93 bits per heavy atom. The number of anilines is 1. The molecule has 10 heteroatoms. The molecule has 0 saturated heterocycles. The minimum absolute atomic E-state index is 0.00655. The molecule has 0 spiro atoms. The Morgan fingerprint density at radius 1 is 1.18 bits per heavy atom. The molecule has 0 bridgehead atoms. The standard InChI is InChI=1S/C18H13ClF3N3O3/c19-12-6-4-11(5-7-12)17-24-16(28-25-17)9-8-15(26)23-13-2-1-3-14(10-13)27-18(20,21)22/h1-7,10H,8-9H2,(H,23,26). The predicted octanol–water partition coefficient (Wildman–Crippen LogP) is 4.86. The average Bonchev–Trinajstić information content (AvgIpc) is 3.08. The molecule has 3 aromatic rings. The molecule has 0 atom stereocenters. The molecule has 0 aliphatic rings. The third kappa shape index (κ3) is 5.71. The van der Waals surface area contributed by atoms with E-state index in [9.17, 15) is 18.0 Å². The largest absolute Gasteiger partial charge is 0.573 e. The van der Waals surface area contributed by atoms with Crippen molar-refractivity contribution >= 4 is 23.2 Å². The average molecular weight is 412 g/mol. The van der Waals surface area contributed by atoms with E-state index in [1.807, 2.05) is 0 Å². The van der Waals surface area contributed by atoms with Crippen LogP contribution in [0.25, 0.3) is 11.4 Å². The van der Waals surface area contributed by atoms with Crippen molar-refractivity contribution in [1.82, 2.24) is 10.1 Å². The summed E-state index contributed by atoms with van der Waals surface area (Å²) in [5.41, 5.74) is 0.893. The van der Waals surface area contributed by atoms with E-state index >= 15 is 0 Å². The number of rotatable bonds is 6. The normalized spacial score (nSPS) is 11.3. The van der Waals surface area contributed by atoms with Crippen LogP contribution in [0.5, 0.6) is 5.75 Å². The Kier molecular flexibility index (Phi) is 5.84. The van der Waals surface area contributed by atoms with Crippen molar-refractivity contribution in [3.8, 4) is 17.1 Å². The molecule has 1 N–H and O–H groups in total. The lowest BCUT2D eigenvalue weighted by Gasteiger charge is -2.10. The summed E-state index contributed by atoms with van der Waals surface area (Å²) in [7, 11) is 0. The number of carbonyl (C=O) groups excluding carboxylic acids is 1. The molecule has 28 heavy (non-hydrogen) atoms. The summed E-state index contributed by atoms with van der Waals surface area (Å²) >= 11 is 5.82. The maximum absolute atomic E-state index is 12.2. The van der Waals surface area contributed by atoms with E-state index in [4.69, 9.17) is 16.1 Å². The van der Waals surface area contributed by atoms with Gasteiger partial charge < -0.3 is 14.6 Å². The summed E-state index contributed by atoms with van der Waals surface area (Å²) in [5, 5.41) is 6.91. The SMILES string of the molecule is O=C(CCc1nc(-c2ccc(Cl)cc2)no1)Nc1cccc(OC(F)(F)F)c1. The number of hydrogen-bond acceptors (Lipinski definition) is 5. The fourth-order valence-electron chi connectivity index (χ4n) is 2.29. The van der Waals surface area contributed by atoms with Crippen molar-refractivity contribution in [2.75, 3.05) is 5.32 Å². The number of carbonyl (C=O) groups is 1. The predicted molar refractivity (Wildman–Crippen MR) is 94.8 cm³/mol. The summed E-state index contributed by atoms with van der Waals surface area (Å²) < 4.78 is 45.7. The molecule has 0 radical (unpaired) electrons. The van der Waals surface area contributed by atoms with Crippen LogP contribution in [0, 0.1) is 0 Å². The zero-order valence-corrected chi connectivity index (χ0v) is 14.9. The topological polar surface area (TPSA) is 77.2 Å². The number of nitrogens with zero attached hydrogens (tertiary/aromatic N) is 2. The Morgan fingerprint density at radius 3 is 2.64 bits per heavy atom. The Balaban J connectivity index is 1.55. The van der Waals surface area contributed by atoms with E-state index in [0.29, 0.717) is 16.4 Å². The van der Waals surface area contributed by atoms with Crippen molar-refractivity contribution in [2.45, 2.75) is 19.2 Å². The first-order valence-corrected chi connectivity index (χ1v) is 8.40. The summed E-state index contributed by atoms with van der Waals surface area (Å²) in [4.78, 5) is 16.2. The Hall–Kier alpha value is -3.07. The first kappa shape index (κ1) is 19.7. The number of alkyl halides is 3. The lowest BCUT2D eigenvalue weighted by molar-refractivity contribution is -0.274. The van der Waals surface area contributed by atoms with Gasteiger partial charge in [-0.2, -0.15) is 4.98 Å². The van der Waals surface area contributed by atoms with Crippen molar-refractivity contribution < 1.29 is 27.2 Å². The lowest BCUT2D eigenvalue weighted by Crippen LogP contribution is -2.17. The van der Waals surface area contributed by atoms with Gasteiger partial charge >= 0.3 is 6.36 Å². The molecule has 1 amide bonds. The van der Waals surface area contributed by atoms with Crippen LogP contribution in [0.3, 0.4) is 0 Å². The van der Waals surface area contributed by atoms with Crippen LogP contribution in [0.1, 0.15) is 12.3 Å². The number of aryl methyl sites for hydroxylation is 1. The van der Waals surface area contributed by atoms with Gasteiger partial charge in [-0.1, -0.05) is 22.8 Å². The van der Waals surface area contributed by atoms with E-state index in [1.165, 1.54) is 12.1 Å². The number of ether oxygens (including phenoxy) is 1. The van der Waals surface area contributed by atoms with Crippen LogP contribution in [0.2, 0.25) is 5.02 Å². The van der Waals surface area contributed by atoms with E-state index in [2.05, 4.69) is 20.2 Å². The maximum atomic E-state index is 12.2. The van der Waals surface area contributed by atoms with Gasteiger partial charge in [-0.25, -0.2) is 0 Å². The molecule has 1 heterocycles. The minimum Gasteiger partial charge on any atom is -0.406 e. The van der Waals surface area contributed by atoms with E-state index in [0.717, 1.165) is 12.1 Å². The molecule has 0 saturated carbocycles. The highest BCUT2D eigenvalue weighted by atomic mass is 35.5. The number of benzene rings is 2. The van der Waals surface area contributed by atoms with Gasteiger partial charge in [-0.15, -0.1) is 13.2 Å². The molecule has 0 fully saturated rings. The van der Waals surface area contributed by atoms with E-state index in [-0.39, 0.29) is 24.4 Å². The highest BCUT2D eigenvalue weighted by Gasteiger charge is 2.31. The number of hydrogen-bond donors (Lipinski definition) is 1. The van der Waals surface area contributed by atoms with Gasteiger partial charge in [-0.3, -0.25) is 4.79 Å². The monoisotopic (exact) mass is 411 g/mol. The molecule has 1 aromatic heterocycles. The third-order valence-corrected chi connectivity index (χ3v) is 3.74. The van der Waals surface area contributed by atoms with Crippen LogP contribution >= 0.6 is 11.6 Å². The molecule has 0 aliphatic carbocycles. The van der Waals surface area contributed by atoms with Gasteiger partial charge in [0.1, 0.15) is 5.75 Å².